The fourth-order valence-electron chi connectivity index (χ4n) is 1.52. The third-order valence-electron chi connectivity index (χ3n) is 2.33. The minimum Gasteiger partial charge on any atom is -0.384 e. The molecular weight excluding hydrogens is 265 g/mol. The molecule has 2 rings (SSSR count). The molecule has 0 saturated heterocycles. The molecule has 19 heavy (non-hydrogen) atoms. The molecule has 0 spiro atoms. The van der Waals surface area contributed by atoms with E-state index in [1.807, 2.05) is 0 Å². The van der Waals surface area contributed by atoms with E-state index in [9.17, 15) is 23.3 Å². The first-order valence-electron chi connectivity index (χ1n) is 4.97. The van der Waals surface area contributed by atoms with E-state index >= 15 is 0 Å². The van der Waals surface area contributed by atoms with Crippen molar-refractivity contribution in [1.82, 2.24) is 9.78 Å². The van der Waals surface area contributed by atoms with Crippen LogP contribution in [0.4, 0.5) is 24.7 Å². The summed E-state index contributed by atoms with van der Waals surface area (Å²) in [5.74, 6) is -0.332. The molecule has 2 N–H and O–H groups in total. The second kappa shape index (κ2) is 4.26. The van der Waals surface area contributed by atoms with E-state index in [1.54, 1.807) is 0 Å². The van der Waals surface area contributed by atoms with Crippen molar-refractivity contribution in [1.29, 1.82) is 0 Å². The topological polar surface area (TPSA) is 87.0 Å². The van der Waals surface area contributed by atoms with Gasteiger partial charge in [-0.2, -0.15) is 18.3 Å². The zero-order valence-electron chi connectivity index (χ0n) is 9.26. The molecule has 9 heteroatoms. The van der Waals surface area contributed by atoms with Gasteiger partial charge in [0.25, 0.3) is 5.69 Å². The summed E-state index contributed by atoms with van der Waals surface area (Å²) < 4.78 is 38.2. The highest BCUT2D eigenvalue weighted by atomic mass is 19.4. The van der Waals surface area contributed by atoms with Crippen LogP contribution in [0.3, 0.4) is 0 Å². The van der Waals surface area contributed by atoms with Crippen molar-refractivity contribution in [3.63, 3.8) is 0 Å². The Morgan fingerprint density at radius 3 is 2.47 bits per heavy atom. The van der Waals surface area contributed by atoms with Gasteiger partial charge in [-0.25, -0.2) is 4.68 Å². The van der Waals surface area contributed by atoms with Crippen molar-refractivity contribution >= 4 is 11.5 Å². The summed E-state index contributed by atoms with van der Waals surface area (Å²) in [5, 5.41) is 14.1. The van der Waals surface area contributed by atoms with Gasteiger partial charge in [0.05, 0.1) is 4.92 Å². The van der Waals surface area contributed by atoms with Crippen molar-refractivity contribution < 1.29 is 18.1 Å². The van der Waals surface area contributed by atoms with E-state index in [0.29, 0.717) is 10.7 Å². The lowest BCUT2D eigenvalue weighted by atomic mass is 10.3. The van der Waals surface area contributed by atoms with Crippen LogP contribution in [0.2, 0.25) is 0 Å². The van der Waals surface area contributed by atoms with Gasteiger partial charge in [0.2, 0.25) is 0 Å². The van der Waals surface area contributed by atoms with Gasteiger partial charge in [0.15, 0.2) is 5.69 Å². The van der Waals surface area contributed by atoms with Gasteiger partial charge < -0.3 is 5.73 Å². The Labute approximate surface area is 104 Å². The largest absolute Gasteiger partial charge is 0.435 e. The van der Waals surface area contributed by atoms with Gasteiger partial charge in [-0.15, -0.1) is 0 Å². The zero-order chi connectivity index (χ0) is 14.2. The summed E-state index contributed by atoms with van der Waals surface area (Å²) >= 11 is 0. The minimum atomic E-state index is -4.66. The van der Waals surface area contributed by atoms with E-state index in [-0.39, 0.29) is 17.2 Å². The van der Waals surface area contributed by atoms with Crippen LogP contribution in [-0.4, -0.2) is 14.7 Å². The summed E-state index contributed by atoms with van der Waals surface area (Å²) in [4.78, 5) is 10.1. The summed E-state index contributed by atoms with van der Waals surface area (Å²) in [6, 6.07) is 5.88. The van der Waals surface area contributed by atoms with Crippen molar-refractivity contribution in [3.05, 3.63) is 46.1 Å². The van der Waals surface area contributed by atoms with E-state index < -0.39 is 16.8 Å². The Kier molecular flexibility index (Phi) is 2.89. The van der Waals surface area contributed by atoms with Crippen LogP contribution in [0.5, 0.6) is 0 Å². The predicted octanol–water partition coefficient (Wildman–Crippen LogP) is 2.38. The standard InChI is InChI=1S/C10H7F3N4O2/c11-10(12,13)8-5-9(14)16(15-8)6-3-1-2-4-7(6)17(18)19/h1-5H,14H2. The summed E-state index contributed by atoms with van der Waals surface area (Å²) in [6.45, 7) is 0. The maximum absolute atomic E-state index is 12.5. The number of alkyl halides is 3. The van der Waals surface area contributed by atoms with Gasteiger partial charge in [0, 0.05) is 12.1 Å². The quantitative estimate of drug-likeness (QED) is 0.671. The van der Waals surface area contributed by atoms with Gasteiger partial charge >= 0.3 is 6.18 Å². The van der Waals surface area contributed by atoms with E-state index in [2.05, 4.69) is 5.10 Å². The molecule has 0 aliphatic rings. The highest BCUT2D eigenvalue weighted by Gasteiger charge is 2.35. The van der Waals surface area contributed by atoms with Crippen molar-refractivity contribution in [3.8, 4) is 5.69 Å². The number of nitro benzene ring substituents is 1. The maximum Gasteiger partial charge on any atom is 0.435 e. The number of hydrogen-bond donors (Lipinski definition) is 1. The highest BCUT2D eigenvalue weighted by molar-refractivity contribution is 5.55. The van der Waals surface area contributed by atoms with Gasteiger partial charge in [-0.3, -0.25) is 10.1 Å². The minimum absolute atomic E-state index is 0.125. The number of nitrogen functional groups attached to an aromatic ring is 1. The first-order chi connectivity index (χ1) is 8.80. The average molecular weight is 272 g/mol. The molecule has 6 nitrogen and oxygen atoms in total. The molecule has 1 aromatic carbocycles. The molecule has 0 amide bonds. The molecule has 100 valence electrons. The third kappa shape index (κ3) is 2.34. The number of hydrogen-bond acceptors (Lipinski definition) is 4. The van der Waals surface area contributed by atoms with Crippen LogP contribution < -0.4 is 5.73 Å². The number of halogens is 3. The fourth-order valence-corrected chi connectivity index (χ4v) is 1.52. The number of benzene rings is 1. The van der Waals surface area contributed by atoms with Crippen LogP contribution >= 0.6 is 0 Å². The second-order valence-electron chi connectivity index (χ2n) is 3.61. The Morgan fingerprint density at radius 2 is 1.95 bits per heavy atom. The number of nitro groups is 1. The van der Waals surface area contributed by atoms with Crippen molar-refractivity contribution in [2.75, 3.05) is 5.73 Å². The SMILES string of the molecule is Nc1cc(C(F)(F)F)nn1-c1ccccc1[N+](=O)[O-]. The number of nitrogens with two attached hydrogens (primary N) is 1. The number of anilines is 1. The Morgan fingerprint density at radius 1 is 1.32 bits per heavy atom. The van der Waals surface area contributed by atoms with Crippen molar-refractivity contribution in [2.24, 2.45) is 0 Å². The second-order valence-corrected chi connectivity index (χ2v) is 3.61. The van der Waals surface area contributed by atoms with Gasteiger partial charge in [-0.1, -0.05) is 12.1 Å². The molecule has 0 atom stereocenters. The number of para-hydroxylation sites is 2. The summed E-state index contributed by atoms with van der Waals surface area (Å²) in [5.41, 5.74) is 3.70. The van der Waals surface area contributed by atoms with Crippen LogP contribution in [-0.2, 0) is 6.18 Å². The van der Waals surface area contributed by atoms with E-state index in [0.717, 1.165) is 6.07 Å². The molecule has 0 aliphatic heterocycles. The zero-order valence-corrected chi connectivity index (χ0v) is 9.26. The lowest BCUT2D eigenvalue weighted by Gasteiger charge is -2.04. The maximum atomic E-state index is 12.5. The number of rotatable bonds is 2. The van der Waals surface area contributed by atoms with E-state index in [1.165, 1.54) is 18.2 Å². The average Bonchev–Trinajstić information content (AvgIpc) is 2.71. The van der Waals surface area contributed by atoms with Crippen molar-refractivity contribution in [2.45, 2.75) is 6.18 Å². The van der Waals surface area contributed by atoms with Gasteiger partial charge in [0.1, 0.15) is 11.5 Å². The first-order valence-corrected chi connectivity index (χ1v) is 4.97. The van der Waals surface area contributed by atoms with Gasteiger partial charge in [-0.05, 0) is 6.07 Å². The third-order valence-corrected chi connectivity index (χ3v) is 2.33. The monoisotopic (exact) mass is 272 g/mol. The molecule has 2 aromatic rings. The summed E-state index contributed by atoms with van der Waals surface area (Å²) in [6.07, 6.45) is -4.66. The summed E-state index contributed by atoms with van der Waals surface area (Å²) in [7, 11) is 0. The lowest BCUT2D eigenvalue weighted by Crippen LogP contribution is -2.08. The molecule has 0 saturated carbocycles. The molecular formula is C10H7F3N4O2. The Hall–Kier alpha value is -2.58. The molecule has 0 unspecified atom stereocenters. The molecule has 1 heterocycles. The Bertz CT molecular complexity index is 636. The molecule has 0 radical (unpaired) electrons. The lowest BCUT2D eigenvalue weighted by molar-refractivity contribution is -0.384. The molecule has 1 aromatic heterocycles. The first kappa shape index (κ1) is 12.9. The predicted molar refractivity (Wildman–Crippen MR) is 59.6 cm³/mol. The number of aromatic nitrogens is 2. The normalized spacial score (nSPS) is 11.5. The van der Waals surface area contributed by atoms with Crippen LogP contribution in [0.1, 0.15) is 5.69 Å². The number of nitrogens with zero attached hydrogens (tertiary/aromatic N) is 3. The highest BCUT2D eigenvalue weighted by Crippen LogP contribution is 2.31. The smallest absolute Gasteiger partial charge is 0.384 e. The molecule has 0 aliphatic carbocycles. The van der Waals surface area contributed by atoms with E-state index in [4.69, 9.17) is 5.73 Å². The molecule has 0 bridgehead atoms. The van der Waals surface area contributed by atoms with Crippen LogP contribution in [0.25, 0.3) is 5.69 Å². The fraction of sp³-hybridized carbons (Fsp3) is 0.100. The van der Waals surface area contributed by atoms with Crippen LogP contribution in [0.15, 0.2) is 30.3 Å². The molecule has 0 fully saturated rings. The van der Waals surface area contributed by atoms with Crippen LogP contribution in [0, 0.1) is 10.1 Å². The Balaban J connectivity index is 2.60.